The second-order valence-electron chi connectivity index (χ2n) is 4.07. The van der Waals surface area contributed by atoms with Crippen LogP contribution in [0.2, 0.25) is 0 Å². The summed E-state index contributed by atoms with van der Waals surface area (Å²) < 4.78 is 2.16. The second-order valence-corrected chi connectivity index (χ2v) is 9.00. The van der Waals surface area contributed by atoms with E-state index < -0.39 is 0 Å². The Kier molecular flexibility index (Phi) is 4.72. The number of nitrogens with one attached hydrogen (secondary N) is 2. The van der Waals surface area contributed by atoms with E-state index in [4.69, 9.17) is 5.84 Å². The maximum absolute atomic E-state index is 5.39. The van der Waals surface area contributed by atoms with Gasteiger partial charge in [0.2, 0.25) is 0 Å². The van der Waals surface area contributed by atoms with Crippen LogP contribution in [0.1, 0.15) is 0 Å². The molecule has 3 aromatic rings. The predicted octanol–water partition coefficient (Wildman–Crippen LogP) is 4.85. The summed E-state index contributed by atoms with van der Waals surface area (Å²) in [6, 6.07) is 12.2. The van der Waals surface area contributed by atoms with Crippen LogP contribution in [-0.4, -0.2) is 4.98 Å². The monoisotopic (exact) mass is 444 g/mol. The summed E-state index contributed by atoms with van der Waals surface area (Å²) in [6.07, 6.45) is 0. The molecule has 0 aliphatic carbocycles. The fourth-order valence-corrected chi connectivity index (χ4v) is 4.64. The molecule has 0 spiro atoms. The van der Waals surface area contributed by atoms with Gasteiger partial charge in [-0.2, -0.15) is 5.53 Å². The Hall–Kier alpha value is -0.770. The Balaban J connectivity index is 2.06. The van der Waals surface area contributed by atoms with Crippen LogP contribution in [0.3, 0.4) is 0 Å². The van der Waals surface area contributed by atoms with Gasteiger partial charge in [-0.05, 0) is 68.3 Å². The number of nitrogens with zero attached hydrogens (tertiary/aromatic N) is 1. The van der Waals surface area contributed by atoms with Crippen molar-refractivity contribution in [1.29, 1.82) is 0 Å². The number of rotatable bonds is 4. The molecule has 0 amide bonds. The van der Waals surface area contributed by atoms with Crippen LogP contribution in [0.4, 0.5) is 5.82 Å². The maximum atomic E-state index is 5.39. The van der Waals surface area contributed by atoms with Crippen LogP contribution in [-0.2, 0) is 0 Å². The first-order chi connectivity index (χ1) is 10.2. The number of aromatic nitrogens is 1. The summed E-state index contributed by atoms with van der Waals surface area (Å²) in [5.41, 5.74) is 7.27. The summed E-state index contributed by atoms with van der Waals surface area (Å²) >= 11 is 10.2. The van der Waals surface area contributed by atoms with E-state index in [1.807, 2.05) is 30.3 Å². The van der Waals surface area contributed by atoms with E-state index in [2.05, 4.69) is 53.9 Å². The van der Waals surface area contributed by atoms with Crippen molar-refractivity contribution in [1.82, 2.24) is 10.5 Å². The molecule has 0 saturated carbocycles. The first-order valence-electron chi connectivity index (χ1n) is 5.91. The van der Waals surface area contributed by atoms with Gasteiger partial charge in [0.1, 0.15) is 0 Å². The molecule has 0 atom stereocenters. The number of thiophene rings is 2. The highest BCUT2D eigenvalue weighted by molar-refractivity contribution is 9.11. The van der Waals surface area contributed by atoms with Crippen molar-refractivity contribution in [2.45, 2.75) is 0 Å². The molecule has 8 heteroatoms. The van der Waals surface area contributed by atoms with E-state index in [0.717, 1.165) is 28.6 Å². The van der Waals surface area contributed by atoms with Crippen molar-refractivity contribution in [3.8, 4) is 21.0 Å². The van der Waals surface area contributed by atoms with Gasteiger partial charge in [0.25, 0.3) is 0 Å². The third-order valence-electron chi connectivity index (χ3n) is 2.75. The summed E-state index contributed by atoms with van der Waals surface area (Å²) in [4.78, 5) is 6.87. The first kappa shape index (κ1) is 15.1. The van der Waals surface area contributed by atoms with Crippen molar-refractivity contribution in [2.24, 2.45) is 5.84 Å². The lowest BCUT2D eigenvalue weighted by atomic mass is 10.2. The number of pyridine rings is 1. The number of halogens is 2. The summed E-state index contributed by atoms with van der Waals surface area (Å²) in [5, 5.41) is 0. The fourth-order valence-electron chi connectivity index (χ4n) is 1.87. The minimum absolute atomic E-state index is 0.703. The third-order valence-corrected chi connectivity index (χ3v) is 6.05. The highest BCUT2D eigenvalue weighted by Crippen LogP contribution is 2.37. The third kappa shape index (κ3) is 3.36. The van der Waals surface area contributed by atoms with Gasteiger partial charge in [-0.15, -0.1) is 22.7 Å². The van der Waals surface area contributed by atoms with E-state index in [1.54, 1.807) is 22.7 Å². The molecule has 0 aliphatic heterocycles. The topological polar surface area (TPSA) is 63.0 Å². The molecular weight excluding hydrogens is 436 g/mol. The molecule has 4 nitrogen and oxygen atoms in total. The lowest BCUT2D eigenvalue weighted by Crippen LogP contribution is -2.29. The van der Waals surface area contributed by atoms with E-state index in [-0.39, 0.29) is 0 Å². The maximum Gasteiger partial charge on any atom is 0.150 e. The summed E-state index contributed by atoms with van der Waals surface area (Å²) in [5.74, 6) is 6.10. The molecule has 3 heterocycles. The van der Waals surface area contributed by atoms with E-state index >= 15 is 0 Å². The SMILES string of the molecule is NNNc1nc(-c2ccc(Br)s2)ccc1-c1ccc(Br)s1. The summed E-state index contributed by atoms with van der Waals surface area (Å²) in [6.45, 7) is 0. The van der Waals surface area contributed by atoms with E-state index in [0.29, 0.717) is 5.82 Å². The number of hydrogen-bond acceptors (Lipinski definition) is 6. The van der Waals surface area contributed by atoms with Crippen molar-refractivity contribution in [3.63, 3.8) is 0 Å². The van der Waals surface area contributed by atoms with Crippen LogP contribution in [0.15, 0.2) is 44.0 Å². The van der Waals surface area contributed by atoms with Crippen LogP contribution in [0.5, 0.6) is 0 Å². The zero-order valence-corrected chi connectivity index (χ0v) is 15.4. The van der Waals surface area contributed by atoms with Crippen LogP contribution >= 0.6 is 54.5 Å². The molecule has 0 bridgehead atoms. The van der Waals surface area contributed by atoms with Crippen LogP contribution in [0.25, 0.3) is 21.0 Å². The summed E-state index contributed by atoms with van der Waals surface area (Å²) in [7, 11) is 0. The normalized spacial score (nSPS) is 10.8. The Morgan fingerprint density at radius 3 is 2.14 bits per heavy atom. The Labute approximate surface area is 146 Å². The van der Waals surface area contributed by atoms with Gasteiger partial charge in [0, 0.05) is 10.4 Å². The van der Waals surface area contributed by atoms with Crippen molar-refractivity contribution in [2.75, 3.05) is 5.43 Å². The minimum atomic E-state index is 0.703. The smallest absolute Gasteiger partial charge is 0.150 e. The average molecular weight is 446 g/mol. The molecule has 21 heavy (non-hydrogen) atoms. The molecule has 0 aromatic carbocycles. The molecule has 0 aliphatic rings. The number of hydrazine groups is 2. The van der Waals surface area contributed by atoms with E-state index in [1.165, 1.54) is 0 Å². The molecule has 108 valence electrons. The van der Waals surface area contributed by atoms with E-state index in [9.17, 15) is 0 Å². The van der Waals surface area contributed by atoms with Gasteiger partial charge in [-0.3, -0.25) is 11.3 Å². The second kappa shape index (κ2) is 6.55. The molecule has 3 aromatic heterocycles. The van der Waals surface area contributed by atoms with Crippen molar-refractivity contribution < 1.29 is 0 Å². The Bertz CT molecular complexity index is 769. The zero-order valence-electron chi connectivity index (χ0n) is 10.6. The van der Waals surface area contributed by atoms with Crippen LogP contribution in [0, 0.1) is 0 Å². The van der Waals surface area contributed by atoms with Crippen molar-refractivity contribution >= 4 is 60.4 Å². The lowest BCUT2D eigenvalue weighted by Gasteiger charge is -2.10. The Morgan fingerprint density at radius 1 is 0.905 bits per heavy atom. The first-order valence-corrected chi connectivity index (χ1v) is 9.13. The van der Waals surface area contributed by atoms with Gasteiger partial charge in [0.15, 0.2) is 5.82 Å². The molecular formula is C13H10Br2N4S2. The molecule has 3 rings (SSSR count). The van der Waals surface area contributed by atoms with Gasteiger partial charge in [0.05, 0.1) is 18.1 Å². The van der Waals surface area contributed by atoms with Gasteiger partial charge in [-0.1, -0.05) is 0 Å². The highest BCUT2D eigenvalue weighted by Gasteiger charge is 2.12. The molecule has 0 unspecified atom stereocenters. The quantitative estimate of drug-likeness (QED) is 0.396. The average Bonchev–Trinajstić information content (AvgIpc) is 3.08. The fraction of sp³-hybridized carbons (Fsp3) is 0. The number of nitrogens with two attached hydrogens (primary N) is 1. The minimum Gasteiger partial charge on any atom is -0.292 e. The lowest BCUT2D eigenvalue weighted by molar-refractivity contribution is 0.867. The predicted molar refractivity (Wildman–Crippen MR) is 97.2 cm³/mol. The Morgan fingerprint density at radius 2 is 1.57 bits per heavy atom. The molecule has 0 radical (unpaired) electrons. The molecule has 4 N–H and O–H groups in total. The van der Waals surface area contributed by atoms with Crippen LogP contribution < -0.4 is 16.8 Å². The van der Waals surface area contributed by atoms with Gasteiger partial charge < -0.3 is 0 Å². The molecule has 0 saturated heterocycles. The van der Waals surface area contributed by atoms with Crippen molar-refractivity contribution in [3.05, 3.63) is 44.0 Å². The largest absolute Gasteiger partial charge is 0.292 e. The standard InChI is InChI=1S/C13H10Br2N4S2/c14-11-5-3-9(20-11)7-1-2-8(17-13(7)18-19-16)10-4-6-12(15)21-10/h1-6,19H,16H2,(H,17,18). The van der Waals surface area contributed by atoms with Gasteiger partial charge in [-0.25, -0.2) is 4.98 Å². The zero-order chi connectivity index (χ0) is 14.8. The molecule has 0 fully saturated rings. The highest BCUT2D eigenvalue weighted by atomic mass is 79.9. The number of hydrogen-bond donors (Lipinski definition) is 3. The number of anilines is 1. The van der Waals surface area contributed by atoms with Gasteiger partial charge >= 0.3 is 0 Å².